The number of nitrogens with zero attached hydrogens (tertiary/aromatic N) is 1. The molecule has 0 saturated heterocycles. The zero-order valence-electron chi connectivity index (χ0n) is 11.4. The van der Waals surface area contributed by atoms with Crippen molar-refractivity contribution in [3.05, 3.63) is 23.9 Å². The molecule has 0 saturated carbocycles. The van der Waals surface area contributed by atoms with Crippen molar-refractivity contribution in [2.24, 2.45) is 0 Å². The number of aromatic nitrogens is 1. The molecular weight excluding hydrogens is 212 g/mol. The highest BCUT2D eigenvalue weighted by Crippen LogP contribution is 2.09. The van der Waals surface area contributed by atoms with Crippen LogP contribution in [0.4, 0.5) is 0 Å². The molecule has 0 aliphatic carbocycles. The van der Waals surface area contributed by atoms with Crippen molar-refractivity contribution in [1.82, 2.24) is 10.3 Å². The number of ether oxygens (including phenoxy) is 1. The van der Waals surface area contributed by atoms with Gasteiger partial charge in [-0.15, -0.1) is 0 Å². The molecule has 0 radical (unpaired) electrons. The quantitative estimate of drug-likeness (QED) is 0.770. The van der Waals surface area contributed by atoms with Crippen LogP contribution in [0.5, 0.6) is 5.88 Å². The van der Waals surface area contributed by atoms with Crippen LogP contribution < -0.4 is 10.1 Å². The zero-order chi connectivity index (χ0) is 12.7. The van der Waals surface area contributed by atoms with Gasteiger partial charge in [0.1, 0.15) is 0 Å². The van der Waals surface area contributed by atoms with Crippen molar-refractivity contribution in [3.8, 4) is 5.88 Å². The minimum absolute atomic E-state index is 0.112. The van der Waals surface area contributed by atoms with E-state index >= 15 is 0 Å². The lowest BCUT2D eigenvalue weighted by molar-refractivity contribution is 0.296. The monoisotopic (exact) mass is 236 g/mol. The average Bonchev–Trinajstić information content (AvgIpc) is 2.27. The van der Waals surface area contributed by atoms with Crippen LogP contribution in [-0.2, 0) is 6.54 Å². The number of hydrogen-bond donors (Lipinski definition) is 1. The smallest absolute Gasteiger partial charge is 0.213 e. The van der Waals surface area contributed by atoms with E-state index in [-0.39, 0.29) is 5.54 Å². The highest BCUT2D eigenvalue weighted by atomic mass is 16.5. The molecule has 17 heavy (non-hydrogen) atoms. The molecule has 1 aromatic rings. The Hall–Kier alpha value is -1.09. The molecule has 3 heteroatoms. The van der Waals surface area contributed by atoms with E-state index in [1.54, 1.807) is 0 Å². The predicted octanol–water partition coefficient (Wildman–Crippen LogP) is 3.15. The van der Waals surface area contributed by atoms with Crippen LogP contribution in [0.25, 0.3) is 0 Å². The summed E-state index contributed by atoms with van der Waals surface area (Å²) < 4.78 is 5.58. The summed E-state index contributed by atoms with van der Waals surface area (Å²) >= 11 is 0. The Bertz CT molecular complexity index is 331. The molecule has 96 valence electrons. The summed E-state index contributed by atoms with van der Waals surface area (Å²) in [7, 11) is 0. The molecule has 1 aromatic heterocycles. The Morgan fingerprint density at radius 3 is 2.71 bits per heavy atom. The van der Waals surface area contributed by atoms with E-state index in [0.29, 0.717) is 0 Å². The number of pyridine rings is 1. The fourth-order valence-corrected chi connectivity index (χ4v) is 1.31. The molecule has 0 aliphatic rings. The minimum Gasteiger partial charge on any atom is -0.478 e. The summed E-state index contributed by atoms with van der Waals surface area (Å²) in [5.74, 6) is 0.728. The number of nitrogens with one attached hydrogen (secondary N) is 1. The van der Waals surface area contributed by atoms with Crippen molar-refractivity contribution in [2.45, 2.75) is 52.6 Å². The fourth-order valence-electron chi connectivity index (χ4n) is 1.31. The summed E-state index contributed by atoms with van der Waals surface area (Å²) in [6.07, 6.45) is 2.22. The molecule has 1 heterocycles. The van der Waals surface area contributed by atoms with Crippen LogP contribution in [0.3, 0.4) is 0 Å². The van der Waals surface area contributed by atoms with E-state index < -0.39 is 0 Å². The van der Waals surface area contributed by atoms with E-state index in [9.17, 15) is 0 Å². The van der Waals surface area contributed by atoms with Gasteiger partial charge in [0.05, 0.1) is 12.3 Å². The maximum Gasteiger partial charge on any atom is 0.213 e. The Kier molecular flexibility index (Phi) is 5.42. The lowest BCUT2D eigenvalue weighted by atomic mass is 10.1. The molecule has 3 nitrogen and oxygen atoms in total. The van der Waals surface area contributed by atoms with Gasteiger partial charge < -0.3 is 10.1 Å². The van der Waals surface area contributed by atoms with Crippen molar-refractivity contribution < 1.29 is 4.74 Å². The van der Waals surface area contributed by atoms with Crippen LogP contribution in [0, 0.1) is 0 Å². The van der Waals surface area contributed by atoms with E-state index in [1.165, 1.54) is 0 Å². The minimum atomic E-state index is 0.112. The molecule has 0 spiro atoms. The Morgan fingerprint density at radius 2 is 2.06 bits per heavy atom. The molecule has 0 aromatic carbocycles. The van der Waals surface area contributed by atoms with E-state index in [1.807, 2.05) is 18.2 Å². The van der Waals surface area contributed by atoms with Gasteiger partial charge in [-0.25, -0.2) is 4.98 Å². The Morgan fingerprint density at radius 1 is 1.29 bits per heavy atom. The van der Waals surface area contributed by atoms with Crippen LogP contribution >= 0.6 is 0 Å². The van der Waals surface area contributed by atoms with Gasteiger partial charge in [-0.05, 0) is 33.3 Å². The predicted molar refractivity (Wildman–Crippen MR) is 71.2 cm³/mol. The lowest BCUT2D eigenvalue weighted by Gasteiger charge is -2.20. The van der Waals surface area contributed by atoms with Crippen LogP contribution in [0.1, 0.15) is 46.2 Å². The highest BCUT2D eigenvalue weighted by molar-refractivity contribution is 5.15. The van der Waals surface area contributed by atoms with Gasteiger partial charge in [0, 0.05) is 18.2 Å². The third-order valence-corrected chi connectivity index (χ3v) is 2.33. The highest BCUT2D eigenvalue weighted by Gasteiger charge is 2.09. The maximum absolute atomic E-state index is 5.58. The summed E-state index contributed by atoms with van der Waals surface area (Å²) in [6, 6.07) is 5.93. The molecule has 0 atom stereocenters. The van der Waals surface area contributed by atoms with Gasteiger partial charge in [-0.1, -0.05) is 19.4 Å². The molecule has 0 unspecified atom stereocenters. The molecule has 1 N–H and O–H groups in total. The second-order valence-corrected chi connectivity index (χ2v) is 5.27. The van der Waals surface area contributed by atoms with Crippen LogP contribution in [-0.4, -0.2) is 17.1 Å². The molecule has 1 rings (SSSR count). The van der Waals surface area contributed by atoms with E-state index in [2.05, 4.69) is 38.0 Å². The first-order valence-electron chi connectivity index (χ1n) is 6.35. The molecule has 0 bridgehead atoms. The zero-order valence-corrected chi connectivity index (χ0v) is 11.4. The van der Waals surface area contributed by atoms with Gasteiger partial charge >= 0.3 is 0 Å². The summed E-state index contributed by atoms with van der Waals surface area (Å²) in [5.41, 5.74) is 1.13. The molecule has 0 amide bonds. The molecule has 0 fully saturated rings. The van der Waals surface area contributed by atoms with Crippen molar-refractivity contribution in [3.63, 3.8) is 0 Å². The topological polar surface area (TPSA) is 34.1 Å². The van der Waals surface area contributed by atoms with Gasteiger partial charge in [-0.3, -0.25) is 0 Å². The first-order chi connectivity index (χ1) is 8.01. The standard InChI is InChI=1S/C14H24N2O/c1-5-6-10-17-13-9-7-8-12(16-13)11-15-14(2,3)4/h7-9,15H,5-6,10-11H2,1-4H3. The summed E-state index contributed by atoms with van der Waals surface area (Å²) in [5, 5.41) is 3.41. The van der Waals surface area contributed by atoms with Crippen LogP contribution in [0.2, 0.25) is 0 Å². The number of unbranched alkanes of at least 4 members (excludes halogenated alkanes) is 1. The SMILES string of the molecule is CCCCOc1cccc(CNC(C)(C)C)n1. The first kappa shape index (κ1) is 14.0. The number of rotatable bonds is 6. The second kappa shape index (κ2) is 6.60. The van der Waals surface area contributed by atoms with Crippen LogP contribution in [0.15, 0.2) is 18.2 Å². The molecule has 0 aliphatic heterocycles. The fraction of sp³-hybridized carbons (Fsp3) is 0.643. The third-order valence-electron chi connectivity index (χ3n) is 2.33. The van der Waals surface area contributed by atoms with Gasteiger partial charge in [0.15, 0.2) is 0 Å². The second-order valence-electron chi connectivity index (χ2n) is 5.27. The van der Waals surface area contributed by atoms with Gasteiger partial charge in [0.25, 0.3) is 0 Å². The number of hydrogen-bond acceptors (Lipinski definition) is 3. The Balaban J connectivity index is 2.48. The van der Waals surface area contributed by atoms with Crippen molar-refractivity contribution in [2.75, 3.05) is 6.61 Å². The maximum atomic E-state index is 5.58. The van der Waals surface area contributed by atoms with Gasteiger partial charge in [0.2, 0.25) is 5.88 Å². The first-order valence-corrected chi connectivity index (χ1v) is 6.35. The lowest BCUT2D eigenvalue weighted by Crippen LogP contribution is -2.35. The van der Waals surface area contributed by atoms with E-state index in [4.69, 9.17) is 4.74 Å². The van der Waals surface area contributed by atoms with E-state index in [0.717, 1.165) is 37.6 Å². The average molecular weight is 236 g/mol. The largest absolute Gasteiger partial charge is 0.478 e. The third kappa shape index (κ3) is 6.27. The summed E-state index contributed by atoms with van der Waals surface area (Å²) in [6.45, 7) is 10.1. The van der Waals surface area contributed by atoms with Gasteiger partial charge in [-0.2, -0.15) is 0 Å². The summed E-state index contributed by atoms with van der Waals surface area (Å²) in [4.78, 5) is 4.46. The normalized spacial score (nSPS) is 11.5. The van der Waals surface area contributed by atoms with Crippen molar-refractivity contribution >= 4 is 0 Å². The van der Waals surface area contributed by atoms with Crippen molar-refractivity contribution in [1.29, 1.82) is 0 Å². The Labute approximate surface area is 105 Å². The molecular formula is C14H24N2O.